The quantitative estimate of drug-likeness (QED) is 0.701. The van der Waals surface area contributed by atoms with Gasteiger partial charge in [0.2, 0.25) is 5.91 Å². The highest BCUT2D eigenvalue weighted by molar-refractivity contribution is 6.30. The summed E-state index contributed by atoms with van der Waals surface area (Å²) in [6, 6.07) is 15.3. The minimum atomic E-state index is -0.146. The van der Waals surface area contributed by atoms with Crippen molar-refractivity contribution >= 4 is 23.6 Å². The maximum Gasteiger partial charge on any atom is 0.244 e. The monoisotopic (exact) mass is 351 g/mol. The van der Waals surface area contributed by atoms with Gasteiger partial charge in [-0.3, -0.25) is 4.79 Å². The lowest BCUT2D eigenvalue weighted by molar-refractivity contribution is -0.116. The van der Waals surface area contributed by atoms with E-state index in [9.17, 15) is 4.79 Å². The molecular weight excluding hydrogens is 334 g/mol. The molecule has 0 saturated carbocycles. The molecule has 1 heterocycles. The fourth-order valence-electron chi connectivity index (χ4n) is 2.51. The standard InChI is InChI=1S/C20H18ClN3O/c1-15-22-12-13-24(15)19-5-3-2-4-17(19)14-23-20(25)11-8-16-6-9-18(21)10-7-16/h2-13H,14H2,1H3,(H,23,25)/b11-8+. The Morgan fingerprint density at radius 2 is 1.96 bits per heavy atom. The number of hydrogen-bond acceptors (Lipinski definition) is 2. The average molecular weight is 352 g/mol. The zero-order valence-corrected chi connectivity index (χ0v) is 14.6. The van der Waals surface area contributed by atoms with Gasteiger partial charge in [-0.15, -0.1) is 0 Å². The maximum absolute atomic E-state index is 12.1. The van der Waals surface area contributed by atoms with Crippen molar-refractivity contribution in [1.82, 2.24) is 14.9 Å². The van der Waals surface area contributed by atoms with Crippen LogP contribution in [0, 0.1) is 6.92 Å². The number of halogens is 1. The number of benzene rings is 2. The zero-order chi connectivity index (χ0) is 17.6. The summed E-state index contributed by atoms with van der Waals surface area (Å²) in [5.74, 6) is 0.758. The highest BCUT2D eigenvalue weighted by Crippen LogP contribution is 2.16. The molecule has 0 aliphatic heterocycles. The van der Waals surface area contributed by atoms with Crippen molar-refractivity contribution in [3.05, 3.63) is 89.0 Å². The predicted molar refractivity (Wildman–Crippen MR) is 101 cm³/mol. The molecule has 0 spiro atoms. The molecule has 0 unspecified atom stereocenters. The number of carbonyl (C=O) groups excluding carboxylic acids is 1. The van der Waals surface area contributed by atoms with Crippen LogP contribution in [0.4, 0.5) is 0 Å². The van der Waals surface area contributed by atoms with Crippen molar-refractivity contribution in [3.8, 4) is 5.69 Å². The molecule has 25 heavy (non-hydrogen) atoms. The predicted octanol–water partition coefficient (Wildman–Crippen LogP) is 4.16. The lowest BCUT2D eigenvalue weighted by Crippen LogP contribution is -2.21. The number of aromatic nitrogens is 2. The summed E-state index contributed by atoms with van der Waals surface area (Å²) >= 11 is 5.85. The van der Waals surface area contributed by atoms with Crippen LogP contribution in [0.1, 0.15) is 17.0 Å². The molecule has 1 aromatic heterocycles. The Morgan fingerprint density at radius 1 is 1.20 bits per heavy atom. The first-order valence-electron chi connectivity index (χ1n) is 7.93. The first-order chi connectivity index (χ1) is 12.1. The Morgan fingerprint density at radius 3 is 2.68 bits per heavy atom. The van der Waals surface area contributed by atoms with Crippen LogP contribution in [0.2, 0.25) is 5.02 Å². The maximum atomic E-state index is 12.1. The summed E-state index contributed by atoms with van der Waals surface area (Å²) in [5.41, 5.74) is 2.96. The second-order valence-electron chi connectivity index (χ2n) is 5.58. The van der Waals surface area contributed by atoms with Gasteiger partial charge in [0.1, 0.15) is 5.82 Å². The highest BCUT2D eigenvalue weighted by atomic mass is 35.5. The van der Waals surface area contributed by atoms with Crippen LogP contribution in [0.25, 0.3) is 11.8 Å². The van der Waals surface area contributed by atoms with Crippen LogP contribution in [-0.2, 0) is 11.3 Å². The fourth-order valence-corrected chi connectivity index (χ4v) is 2.64. The van der Waals surface area contributed by atoms with Gasteiger partial charge in [-0.05, 0) is 42.3 Å². The van der Waals surface area contributed by atoms with E-state index >= 15 is 0 Å². The molecule has 126 valence electrons. The highest BCUT2D eigenvalue weighted by Gasteiger charge is 2.07. The van der Waals surface area contributed by atoms with Gasteiger partial charge in [-0.2, -0.15) is 0 Å². The van der Waals surface area contributed by atoms with Crippen LogP contribution >= 0.6 is 11.6 Å². The molecule has 3 rings (SSSR count). The number of aryl methyl sites for hydroxylation is 1. The molecule has 5 heteroatoms. The lowest BCUT2D eigenvalue weighted by atomic mass is 10.1. The van der Waals surface area contributed by atoms with Gasteiger partial charge in [0, 0.05) is 30.0 Å². The molecular formula is C20H18ClN3O. The number of hydrogen-bond donors (Lipinski definition) is 1. The van der Waals surface area contributed by atoms with Crippen LogP contribution in [0.15, 0.2) is 67.0 Å². The zero-order valence-electron chi connectivity index (χ0n) is 13.8. The van der Waals surface area contributed by atoms with Gasteiger partial charge in [-0.25, -0.2) is 4.98 Å². The fraction of sp³-hybridized carbons (Fsp3) is 0.100. The van der Waals surface area contributed by atoms with E-state index in [1.807, 2.05) is 54.1 Å². The minimum absolute atomic E-state index is 0.146. The molecule has 4 nitrogen and oxygen atoms in total. The third-order valence-electron chi connectivity index (χ3n) is 3.83. The number of para-hydroxylation sites is 1. The number of carbonyl (C=O) groups is 1. The van der Waals surface area contributed by atoms with Gasteiger partial charge >= 0.3 is 0 Å². The molecule has 1 N–H and O–H groups in total. The van der Waals surface area contributed by atoms with E-state index < -0.39 is 0 Å². The van der Waals surface area contributed by atoms with Crippen molar-refractivity contribution in [2.45, 2.75) is 13.5 Å². The van der Waals surface area contributed by atoms with Crippen molar-refractivity contribution in [1.29, 1.82) is 0 Å². The van der Waals surface area contributed by atoms with Gasteiger partial charge in [0.25, 0.3) is 0 Å². The number of rotatable bonds is 5. The van der Waals surface area contributed by atoms with E-state index in [4.69, 9.17) is 11.6 Å². The van der Waals surface area contributed by atoms with Crippen LogP contribution < -0.4 is 5.32 Å². The summed E-state index contributed by atoms with van der Waals surface area (Å²) in [7, 11) is 0. The summed E-state index contributed by atoms with van der Waals surface area (Å²) in [5, 5.41) is 3.59. The van der Waals surface area contributed by atoms with Crippen molar-refractivity contribution < 1.29 is 4.79 Å². The van der Waals surface area contributed by atoms with Crippen molar-refractivity contribution in [2.24, 2.45) is 0 Å². The van der Waals surface area contributed by atoms with E-state index in [1.54, 1.807) is 24.4 Å². The molecule has 1 amide bonds. The molecule has 0 saturated heterocycles. The first-order valence-corrected chi connectivity index (χ1v) is 8.31. The Hall–Kier alpha value is -2.85. The average Bonchev–Trinajstić information content (AvgIpc) is 3.05. The SMILES string of the molecule is Cc1nccn1-c1ccccc1CNC(=O)/C=C/c1ccc(Cl)cc1. The summed E-state index contributed by atoms with van der Waals surface area (Å²) in [4.78, 5) is 16.3. The van der Waals surface area contributed by atoms with E-state index in [2.05, 4.69) is 10.3 Å². The third kappa shape index (κ3) is 4.37. The second kappa shape index (κ2) is 7.81. The van der Waals surface area contributed by atoms with Gasteiger partial charge < -0.3 is 9.88 Å². The van der Waals surface area contributed by atoms with Gasteiger partial charge in [-0.1, -0.05) is 41.9 Å². The minimum Gasteiger partial charge on any atom is -0.348 e. The molecule has 0 aliphatic rings. The topological polar surface area (TPSA) is 46.9 Å². The lowest BCUT2D eigenvalue weighted by Gasteiger charge is -2.12. The largest absolute Gasteiger partial charge is 0.348 e. The number of imidazole rings is 1. The Kier molecular flexibility index (Phi) is 5.31. The molecule has 0 atom stereocenters. The number of amides is 1. The summed E-state index contributed by atoms with van der Waals surface area (Å²) < 4.78 is 2.00. The Bertz CT molecular complexity index is 897. The normalized spacial score (nSPS) is 11.0. The smallest absolute Gasteiger partial charge is 0.244 e. The summed E-state index contributed by atoms with van der Waals surface area (Å²) in [6.45, 7) is 2.39. The molecule has 0 fully saturated rings. The van der Waals surface area contributed by atoms with Gasteiger partial charge in [0.05, 0.1) is 5.69 Å². The molecule has 0 bridgehead atoms. The Labute approximate surface area is 151 Å². The van der Waals surface area contributed by atoms with E-state index in [1.165, 1.54) is 6.08 Å². The van der Waals surface area contributed by atoms with Crippen LogP contribution in [0.5, 0.6) is 0 Å². The second-order valence-corrected chi connectivity index (χ2v) is 6.01. The third-order valence-corrected chi connectivity index (χ3v) is 4.08. The number of nitrogens with one attached hydrogen (secondary N) is 1. The molecule has 3 aromatic rings. The van der Waals surface area contributed by atoms with Crippen molar-refractivity contribution in [2.75, 3.05) is 0 Å². The first kappa shape index (κ1) is 17.0. The van der Waals surface area contributed by atoms with Crippen molar-refractivity contribution in [3.63, 3.8) is 0 Å². The Balaban J connectivity index is 1.67. The van der Waals surface area contributed by atoms with Crippen LogP contribution in [-0.4, -0.2) is 15.5 Å². The summed E-state index contributed by atoms with van der Waals surface area (Å²) in [6.07, 6.45) is 6.96. The van der Waals surface area contributed by atoms with E-state index in [0.717, 1.165) is 22.6 Å². The number of nitrogens with zero attached hydrogens (tertiary/aromatic N) is 2. The van der Waals surface area contributed by atoms with Gasteiger partial charge in [0.15, 0.2) is 0 Å². The van der Waals surface area contributed by atoms with E-state index in [0.29, 0.717) is 11.6 Å². The molecule has 0 aliphatic carbocycles. The van der Waals surface area contributed by atoms with E-state index in [-0.39, 0.29) is 5.91 Å². The van der Waals surface area contributed by atoms with Crippen LogP contribution in [0.3, 0.4) is 0 Å². The molecule has 0 radical (unpaired) electrons. The molecule has 2 aromatic carbocycles.